The van der Waals surface area contributed by atoms with E-state index in [4.69, 9.17) is 5.73 Å². The number of piperidine rings is 1. The van der Waals surface area contributed by atoms with E-state index in [1.165, 1.54) is 18.6 Å². The molecule has 2 aliphatic rings. The number of carbonyl (C=O) groups excluding carboxylic acids is 2. The van der Waals surface area contributed by atoms with Crippen molar-refractivity contribution >= 4 is 28.9 Å². The zero-order valence-electron chi connectivity index (χ0n) is 18.2. The third-order valence-electron chi connectivity index (χ3n) is 6.24. The summed E-state index contributed by atoms with van der Waals surface area (Å²) in [6.45, 7) is 4.62. The van der Waals surface area contributed by atoms with E-state index in [0.29, 0.717) is 37.4 Å². The number of rotatable bonds is 6. The third-order valence-corrected chi connectivity index (χ3v) is 6.24. The summed E-state index contributed by atoms with van der Waals surface area (Å²) in [6.07, 6.45) is 3.53. The van der Waals surface area contributed by atoms with Crippen LogP contribution in [0.2, 0.25) is 0 Å². The first-order valence-corrected chi connectivity index (χ1v) is 11.2. The number of halogens is 1. The van der Waals surface area contributed by atoms with Crippen molar-refractivity contribution in [1.29, 1.82) is 0 Å². The first-order valence-electron chi connectivity index (χ1n) is 11.2. The Morgan fingerprint density at radius 1 is 0.844 bits per heavy atom. The van der Waals surface area contributed by atoms with Crippen LogP contribution in [0.25, 0.3) is 0 Å². The molecule has 0 bridgehead atoms. The maximum atomic E-state index is 13.1. The quantitative estimate of drug-likeness (QED) is 0.723. The van der Waals surface area contributed by atoms with Crippen molar-refractivity contribution in [3.63, 3.8) is 0 Å². The number of hydrogen-bond donors (Lipinski definition) is 2. The van der Waals surface area contributed by atoms with Gasteiger partial charge in [0.2, 0.25) is 5.91 Å². The second-order valence-electron chi connectivity index (χ2n) is 8.34. The predicted molar refractivity (Wildman–Crippen MR) is 125 cm³/mol. The van der Waals surface area contributed by atoms with Crippen LogP contribution >= 0.6 is 0 Å². The zero-order valence-corrected chi connectivity index (χ0v) is 18.2. The van der Waals surface area contributed by atoms with Gasteiger partial charge in [-0.25, -0.2) is 4.39 Å². The Bertz CT molecular complexity index is 951. The van der Waals surface area contributed by atoms with Crippen molar-refractivity contribution in [1.82, 2.24) is 4.90 Å². The largest absolute Gasteiger partial charge is 0.376 e. The van der Waals surface area contributed by atoms with E-state index < -0.39 is 5.91 Å². The van der Waals surface area contributed by atoms with E-state index in [9.17, 15) is 14.0 Å². The van der Waals surface area contributed by atoms with Gasteiger partial charge in [-0.1, -0.05) is 0 Å². The summed E-state index contributed by atoms with van der Waals surface area (Å²) in [4.78, 5) is 31.0. The lowest BCUT2D eigenvalue weighted by molar-refractivity contribution is -0.129. The zero-order chi connectivity index (χ0) is 22.5. The molecule has 2 amide bonds. The first-order chi connectivity index (χ1) is 15.5. The molecule has 4 rings (SSSR count). The van der Waals surface area contributed by atoms with Gasteiger partial charge >= 0.3 is 0 Å². The summed E-state index contributed by atoms with van der Waals surface area (Å²) >= 11 is 0. The van der Waals surface area contributed by atoms with Crippen LogP contribution < -0.4 is 20.9 Å². The molecule has 0 aliphatic carbocycles. The molecular formula is C24H30FN5O2. The topological polar surface area (TPSA) is 81.9 Å². The minimum atomic E-state index is -0.508. The molecular weight excluding hydrogens is 409 g/mol. The van der Waals surface area contributed by atoms with Gasteiger partial charge in [0.05, 0.1) is 12.1 Å². The molecule has 2 aromatic carbocycles. The summed E-state index contributed by atoms with van der Waals surface area (Å²) in [7, 11) is 0. The Labute approximate surface area is 188 Å². The summed E-state index contributed by atoms with van der Waals surface area (Å²) in [5.41, 5.74) is 8.55. The molecule has 0 spiro atoms. The smallest absolute Gasteiger partial charge is 0.250 e. The average molecular weight is 440 g/mol. The van der Waals surface area contributed by atoms with Gasteiger partial charge in [0.25, 0.3) is 5.91 Å². The normalized spacial score (nSPS) is 16.7. The summed E-state index contributed by atoms with van der Waals surface area (Å²) in [5, 5.41) is 3.11. The highest BCUT2D eigenvalue weighted by molar-refractivity contribution is 6.00. The molecule has 2 heterocycles. The van der Waals surface area contributed by atoms with Crippen LogP contribution in [0, 0.1) is 5.82 Å². The predicted octanol–water partition coefficient (Wildman–Crippen LogP) is 2.68. The maximum absolute atomic E-state index is 13.1. The molecule has 0 saturated carbocycles. The molecule has 0 unspecified atom stereocenters. The lowest BCUT2D eigenvalue weighted by atomic mass is 10.1. The molecule has 2 fully saturated rings. The van der Waals surface area contributed by atoms with Crippen molar-refractivity contribution in [2.24, 2.45) is 5.73 Å². The standard InChI is InChI=1S/C24H30FN5O2/c25-18-4-6-19(7-5-18)29-12-14-30(15-13-29)23(31)17-27-22-9-8-20(16-21(22)24(26)32)28-10-2-1-3-11-28/h4-9,16,27H,1-3,10-15,17H2,(H2,26,32). The van der Waals surface area contributed by atoms with E-state index in [0.717, 1.165) is 37.3 Å². The summed E-state index contributed by atoms with van der Waals surface area (Å²) in [5.74, 6) is -0.793. The number of anilines is 3. The van der Waals surface area contributed by atoms with E-state index in [1.54, 1.807) is 17.0 Å². The van der Waals surface area contributed by atoms with Crippen LogP contribution in [0.4, 0.5) is 21.5 Å². The Kier molecular flexibility index (Phi) is 6.78. The van der Waals surface area contributed by atoms with E-state index in [2.05, 4.69) is 15.1 Å². The van der Waals surface area contributed by atoms with Crippen LogP contribution in [0.1, 0.15) is 29.6 Å². The fraction of sp³-hybridized carbons (Fsp3) is 0.417. The number of amides is 2. The molecule has 2 aliphatic heterocycles. The van der Waals surface area contributed by atoms with Crippen molar-refractivity contribution in [2.45, 2.75) is 19.3 Å². The SMILES string of the molecule is NC(=O)c1cc(N2CCCCC2)ccc1NCC(=O)N1CCN(c2ccc(F)cc2)CC1. The van der Waals surface area contributed by atoms with Gasteiger partial charge in [0, 0.05) is 56.3 Å². The van der Waals surface area contributed by atoms with Crippen molar-refractivity contribution in [3.8, 4) is 0 Å². The Hall–Kier alpha value is -3.29. The number of carbonyl (C=O) groups is 2. The molecule has 0 radical (unpaired) electrons. The number of nitrogens with one attached hydrogen (secondary N) is 1. The number of nitrogens with zero attached hydrogens (tertiary/aromatic N) is 3. The monoisotopic (exact) mass is 439 g/mol. The highest BCUT2D eigenvalue weighted by Gasteiger charge is 2.22. The molecule has 32 heavy (non-hydrogen) atoms. The average Bonchev–Trinajstić information content (AvgIpc) is 2.83. The second kappa shape index (κ2) is 9.89. The van der Waals surface area contributed by atoms with Crippen LogP contribution in [-0.2, 0) is 4.79 Å². The van der Waals surface area contributed by atoms with E-state index in [-0.39, 0.29) is 18.3 Å². The highest BCUT2D eigenvalue weighted by atomic mass is 19.1. The molecule has 0 atom stereocenters. The Morgan fingerprint density at radius 2 is 1.47 bits per heavy atom. The van der Waals surface area contributed by atoms with Crippen molar-refractivity contribution < 1.29 is 14.0 Å². The van der Waals surface area contributed by atoms with Gasteiger partial charge in [0.15, 0.2) is 0 Å². The Balaban J connectivity index is 1.33. The molecule has 7 nitrogen and oxygen atoms in total. The number of benzene rings is 2. The van der Waals surface area contributed by atoms with Crippen molar-refractivity contribution in [2.75, 3.05) is 60.9 Å². The van der Waals surface area contributed by atoms with Gasteiger partial charge in [0.1, 0.15) is 5.82 Å². The fourth-order valence-corrected chi connectivity index (χ4v) is 4.39. The van der Waals surface area contributed by atoms with Crippen molar-refractivity contribution in [3.05, 3.63) is 53.8 Å². The van der Waals surface area contributed by atoms with Crippen LogP contribution in [0.15, 0.2) is 42.5 Å². The number of primary amides is 1. The molecule has 170 valence electrons. The number of hydrogen-bond acceptors (Lipinski definition) is 5. The van der Waals surface area contributed by atoms with E-state index >= 15 is 0 Å². The Morgan fingerprint density at radius 3 is 2.12 bits per heavy atom. The minimum absolute atomic E-state index is 0.0284. The maximum Gasteiger partial charge on any atom is 0.250 e. The van der Waals surface area contributed by atoms with Gasteiger partial charge in [-0.15, -0.1) is 0 Å². The molecule has 0 aromatic heterocycles. The molecule has 8 heteroatoms. The lowest BCUT2D eigenvalue weighted by Crippen LogP contribution is -2.50. The van der Waals surface area contributed by atoms with Crippen LogP contribution in [-0.4, -0.2) is 62.5 Å². The molecule has 2 aromatic rings. The van der Waals surface area contributed by atoms with Gasteiger partial charge in [-0.05, 0) is 61.7 Å². The summed E-state index contributed by atoms with van der Waals surface area (Å²) in [6, 6.07) is 12.0. The van der Waals surface area contributed by atoms with Crippen LogP contribution in [0.5, 0.6) is 0 Å². The number of nitrogens with two attached hydrogens (primary N) is 1. The second-order valence-corrected chi connectivity index (χ2v) is 8.34. The fourth-order valence-electron chi connectivity index (χ4n) is 4.39. The van der Waals surface area contributed by atoms with E-state index in [1.807, 2.05) is 18.2 Å². The number of piperazine rings is 1. The first kappa shape index (κ1) is 21.9. The van der Waals surface area contributed by atoms with Gasteiger partial charge in [-0.3, -0.25) is 9.59 Å². The lowest BCUT2D eigenvalue weighted by Gasteiger charge is -2.36. The minimum Gasteiger partial charge on any atom is -0.376 e. The highest BCUT2D eigenvalue weighted by Crippen LogP contribution is 2.26. The van der Waals surface area contributed by atoms with Crippen LogP contribution in [0.3, 0.4) is 0 Å². The molecule has 2 saturated heterocycles. The summed E-state index contributed by atoms with van der Waals surface area (Å²) < 4.78 is 13.1. The molecule has 3 N–H and O–H groups in total. The van der Waals surface area contributed by atoms with Gasteiger partial charge < -0.3 is 25.8 Å². The van der Waals surface area contributed by atoms with Gasteiger partial charge in [-0.2, -0.15) is 0 Å². The third kappa shape index (κ3) is 5.12.